The predicted molar refractivity (Wildman–Crippen MR) is 157 cm³/mol. The van der Waals surface area contributed by atoms with Gasteiger partial charge < -0.3 is 31.6 Å². The summed E-state index contributed by atoms with van der Waals surface area (Å²) in [5, 5.41) is 16.7. The van der Waals surface area contributed by atoms with Crippen molar-refractivity contribution >= 4 is 58.4 Å². The number of anilines is 2. The first-order valence-corrected chi connectivity index (χ1v) is 13.4. The van der Waals surface area contributed by atoms with Gasteiger partial charge >= 0.3 is 5.97 Å². The number of para-hydroxylation sites is 2. The third-order valence-corrected chi connectivity index (χ3v) is 6.11. The number of aliphatic carboxylic acids is 1. The SMILES string of the molecule is CNC(CC(=O)O)C(N)=O.CS/C(=C\C=C\CNC(=O)c1ccc(Nc2cnc3ccccc3n2)cc1)CC=O. The van der Waals surface area contributed by atoms with Crippen molar-refractivity contribution in [1.29, 1.82) is 0 Å². The van der Waals surface area contributed by atoms with E-state index in [1.54, 1.807) is 18.3 Å². The van der Waals surface area contributed by atoms with Gasteiger partial charge in [0.15, 0.2) is 0 Å². The van der Waals surface area contributed by atoms with E-state index in [9.17, 15) is 19.2 Å². The molecule has 12 heteroatoms. The molecule has 40 heavy (non-hydrogen) atoms. The maximum absolute atomic E-state index is 12.3. The summed E-state index contributed by atoms with van der Waals surface area (Å²) in [5.41, 5.74) is 7.88. The van der Waals surface area contributed by atoms with Gasteiger partial charge in [0.1, 0.15) is 12.1 Å². The zero-order valence-electron chi connectivity index (χ0n) is 22.2. The number of amides is 2. The predicted octanol–water partition coefficient (Wildman–Crippen LogP) is 3.03. The number of hydrogen-bond acceptors (Lipinski definition) is 9. The maximum atomic E-state index is 12.3. The monoisotopic (exact) mass is 564 g/mol. The third kappa shape index (κ3) is 11.1. The molecule has 6 N–H and O–H groups in total. The molecule has 11 nitrogen and oxygen atoms in total. The molecule has 210 valence electrons. The molecule has 0 saturated heterocycles. The summed E-state index contributed by atoms with van der Waals surface area (Å²) >= 11 is 1.53. The van der Waals surface area contributed by atoms with Crippen LogP contribution in [0.2, 0.25) is 0 Å². The molecule has 0 aliphatic rings. The number of benzene rings is 2. The fourth-order valence-electron chi connectivity index (χ4n) is 3.19. The van der Waals surface area contributed by atoms with Gasteiger partial charge in [-0.1, -0.05) is 30.4 Å². The normalized spacial score (nSPS) is 11.8. The summed E-state index contributed by atoms with van der Waals surface area (Å²) < 4.78 is 0. The van der Waals surface area contributed by atoms with Gasteiger partial charge in [0.05, 0.1) is 29.7 Å². The van der Waals surface area contributed by atoms with Crippen LogP contribution < -0.4 is 21.7 Å². The molecule has 1 heterocycles. The number of rotatable bonds is 13. The van der Waals surface area contributed by atoms with Gasteiger partial charge in [0.2, 0.25) is 5.91 Å². The highest BCUT2D eigenvalue weighted by molar-refractivity contribution is 8.02. The zero-order valence-corrected chi connectivity index (χ0v) is 23.0. The topological polar surface area (TPSA) is 176 Å². The minimum atomic E-state index is -1.04. The summed E-state index contributed by atoms with van der Waals surface area (Å²) in [5.74, 6) is -1.20. The molecule has 0 fully saturated rings. The Morgan fingerprint density at radius 3 is 2.38 bits per heavy atom. The number of fused-ring (bicyclic) bond motifs is 1. The van der Waals surface area contributed by atoms with Crippen LogP contribution in [-0.2, 0) is 14.4 Å². The first-order chi connectivity index (χ1) is 19.3. The van der Waals surface area contributed by atoms with Crippen molar-refractivity contribution in [2.45, 2.75) is 18.9 Å². The molecule has 2 aromatic carbocycles. The Morgan fingerprint density at radius 1 is 1.10 bits per heavy atom. The third-order valence-electron chi connectivity index (χ3n) is 5.28. The molecule has 0 aliphatic carbocycles. The number of nitrogens with zero attached hydrogens (tertiary/aromatic N) is 2. The van der Waals surface area contributed by atoms with E-state index >= 15 is 0 Å². The lowest BCUT2D eigenvalue weighted by Gasteiger charge is -2.07. The van der Waals surface area contributed by atoms with Crippen molar-refractivity contribution in [3.8, 4) is 0 Å². The molecule has 0 spiro atoms. The van der Waals surface area contributed by atoms with Gasteiger partial charge in [-0.2, -0.15) is 0 Å². The van der Waals surface area contributed by atoms with E-state index < -0.39 is 17.9 Å². The second kappa shape index (κ2) is 17.1. The number of primary amides is 1. The molecule has 0 saturated carbocycles. The van der Waals surface area contributed by atoms with Gasteiger partial charge in [0, 0.05) is 24.2 Å². The van der Waals surface area contributed by atoms with Crippen LogP contribution in [0.1, 0.15) is 23.2 Å². The highest BCUT2D eigenvalue weighted by Gasteiger charge is 2.15. The number of aromatic nitrogens is 2. The Hall–Kier alpha value is -4.55. The number of carbonyl (C=O) groups is 4. The van der Waals surface area contributed by atoms with Crippen LogP contribution in [0.4, 0.5) is 11.5 Å². The van der Waals surface area contributed by atoms with Crippen LogP contribution in [0.3, 0.4) is 0 Å². The number of carboxylic acid groups (broad SMARTS) is 1. The number of aldehydes is 1. The Morgan fingerprint density at radius 2 is 1.80 bits per heavy atom. The summed E-state index contributed by atoms with van der Waals surface area (Å²) in [6, 6.07) is 14.1. The number of nitrogens with two attached hydrogens (primary N) is 1. The molecule has 2 amide bonds. The van der Waals surface area contributed by atoms with E-state index in [1.165, 1.54) is 18.8 Å². The molecule has 1 atom stereocenters. The summed E-state index contributed by atoms with van der Waals surface area (Å²) in [6.07, 6.45) is 10.2. The van der Waals surface area contributed by atoms with Gasteiger partial charge in [-0.05, 0) is 54.6 Å². The van der Waals surface area contributed by atoms with E-state index in [-0.39, 0.29) is 12.3 Å². The van der Waals surface area contributed by atoms with E-state index in [1.807, 2.05) is 60.9 Å². The average molecular weight is 565 g/mol. The molecule has 1 aromatic heterocycles. The molecule has 0 radical (unpaired) electrons. The molecule has 0 bridgehead atoms. The molecule has 3 rings (SSSR count). The van der Waals surface area contributed by atoms with Crippen LogP contribution in [-0.4, -0.2) is 65.0 Å². The smallest absolute Gasteiger partial charge is 0.305 e. The number of hydrogen-bond donors (Lipinski definition) is 5. The minimum Gasteiger partial charge on any atom is -0.481 e. The van der Waals surface area contributed by atoms with Crippen LogP contribution in [0.5, 0.6) is 0 Å². The molecule has 1 unspecified atom stereocenters. The lowest BCUT2D eigenvalue weighted by Crippen LogP contribution is -2.40. The molecule has 0 aliphatic heterocycles. The van der Waals surface area contributed by atoms with Crippen LogP contribution >= 0.6 is 11.8 Å². The summed E-state index contributed by atoms with van der Waals surface area (Å²) in [6.45, 7) is 0.408. The number of nitrogens with one attached hydrogen (secondary N) is 3. The molecular formula is C28H32N6O5S. The first kappa shape index (κ1) is 31.7. The van der Waals surface area contributed by atoms with Crippen molar-refractivity contribution in [1.82, 2.24) is 20.6 Å². The lowest BCUT2D eigenvalue weighted by molar-refractivity contribution is -0.139. The number of carboxylic acids is 1. The lowest BCUT2D eigenvalue weighted by atomic mass is 10.2. The largest absolute Gasteiger partial charge is 0.481 e. The van der Waals surface area contributed by atoms with E-state index in [2.05, 4.69) is 25.9 Å². The van der Waals surface area contributed by atoms with Crippen LogP contribution in [0.15, 0.2) is 77.9 Å². The Balaban J connectivity index is 0.000000478. The highest BCUT2D eigenvalue weighted by atomic mass is 32.2. The quantitative estimate of drug-likeness (QED) is 0.153. The fourth-order valence-corrected chi connectivity index (χ4v) is 3.64. The summed E-state index contributed by atoms with van der Waals surface area (Å²) in [4.78, 5) is 53.1. The van der Waals surface area contributed by atoms with E-state index in [0.717, 1.165) is 27.9 Å². The first-order valence-electron chi connectivity index (χ1n) is 12.2. The van der Waals surface area contributed by atoms with E-state index in [4.69, 9.17) is 10.8 Å². The van der Waals surface area contributed by atoms with E-state index in [0.29, 0.717) is 24.3 Å². The number of thioether (sulfide) groups is 1. The van der Waals surface area contributed by atoms with Gasteiger partial charge in [-0.15, -0.1) is 11.8 Å². The second-order valence-electron chi connectivity index (χ2n) is 8.13. The average Bonchev–Trinajstić information content (AvgIpc) is 2.95. The number of carbonyl (C=O) groups excluding carboxylic acids is 3. The highest BCUT2D eigenvalue weighted by Crippen LogP contribution is 2.17. The fraction of sp³-hybridized carbons (Fsp3) is 0.214. The standard InChI is InChI=1S/C23H22N4O2S.C5H10N2O3/c1-30-19(13-15-28)6-4-5-14-24-23(29)17-9-11-18(12-10-17)26-22-16-25-20-7-2-3-8-21(20)27-22;1-7-3(5(6)10)2-4(8)9/h2-12,15-16H,13-14H2,1H3,(H,24,29)(H,26,27);3,7H,2H2,1H3,(H2,6,10)(H,8,9)/b5-4+,19-6-;. The molecular weight excluding hydrogens is 532 g/mol. The Labute approximate surface area is 236 Å². The van der Waals surface area contributed by atoms with Crippen molar-refractivity contribution in [2.75, 3.05) is 25.2 Å². The number of likely N-dealkylation sites (N-methyl/N-ethyl adjacent to an activating group) is 1. The summed E-state index contributed by atoms with van der Waals surface area (Å²) in [7, 11) is 1.48. The van der Waals surface area contributed by atoms with Gasteiger partial charge in [0.25, 0.3) is 5.91 Å². The van der Waals surface area contributed by atoms with Crippen molar-refractivity contribution in [3.05, 3.63) is 83.4 Å². The minimum absolute atomic E-state index is 0.154. The van der Waals surface area contributed by atoms with Crippen LogP contribution in [0.25, 0.3) is 11.0 Å². The van der Waals surface area contributed by atoms with Crippen molar-refractivity contribution in [3.63, 3.8) is 0 Å². The van der Waals surface area contributed by atoms with Crippen molar-refractivity contribution < 1.29 is 24.3 Å². The van der Waals surface area contributed by atoms with Crippen LogP contribution in [0, 0.1) is 0 Å². The molecule has 3 aromatic rings. The van der Waals surface area contributed by atoms with Crippen molar-refractivity contribution in [2.24, 2.45) is 5.73 Å². The van der Waals surface area contributed by atoms with Gasteiger partial charge in [-0.25, -0.2) is 4.98 Å². The second-order valence-corrected chi connectivity index (χ2v) is 9.07. The number of allylic oxidation sites excluding steroid dienone is 3. The maximum Gasteiger partial charge on any atom is 0.305 e. The Kier molecular flexibility index (Phi) is 13.6. The Bertz CT molecular complexity index is 1360. The van der Waals surface area contributed by atoms with Gasteiger partial charge in [-0.3, -0.25) is 19.4 Å². The zero-order chi connectivity index (χ0) is 29.3.